The topological polar surface area (TPSA) is 68.7 Å². The number of benzene rings is 2. The van der Waals surface area contributed by atoms with Gasteiger partial charge in [0.2, 0.25) is 0 Å². The maximum atomic E-state index is 14.1. The van der Waals surface area contributed by atoms with E-state index in [-0.39, 0.29) is 5.82 Å². The van der Waals surface area contributed by atoms with Crippen molar-refractivity contribution in [2.75, 3.05) is 72.1 Å². The van der Waals surface area contributed by atoms with E-state index in [0.29, 0.717) is 46.6 Å². The Labute approximate surface area is 203 Å². The van der Waals surface area contributed by atoms with Gasteiger partial charge in [-0.15, -0.1) is 0 Å². The van der Waals surface area contributed by atoms with E-state index < -0.39 is 0 Å². The molecule has 10 heteroatoms. The van der Waals surface area contributed by atoms with Crippen LogP contribution in [0.1, 0.15) is 0 Å². The lowest BCUT2D eigenvalue weighted by Crippen LogP contribution is -2.60. The fraction of sp³-hybridized carbons (Fsp3) is 0.417. The first-order valence-electron chi connectivity index (χ1n) is 11.2. The molecule has 0 unspecified atom stereocenters. The highest BCUT2D eigenvalue weighted by atomic mass is 35.5. The molecule has 1 aliphatic heterocycles. The summed E-state index contributed by atoms with van der Waals surface area (Å²) >= 11 is 5.85. The van der Waals surface area contributed by atoms with E-state index in [2.05, 4.69) is 27.3 Å². The number of nitrogens with zero attached hydrogens (tertiary/aromatic N) is 4. The number of ether oxygens (including phenoxy) is 3. The average Bonchev–Trinajstić information content (AvgIpc) is 2.84. The number of hydrogen-bond acceptors (Lipinski definition) is 7. The third kappa shape index (κ3) is 6.24. The van der Waals surface area contributed by atoms with E-state index in [9.17, 15) is 4.39 Å². The van der Waals surface area contributed by atoms with Crippen LogP contribution in [-0.2, 0) is 4.74 Å². The first-order valence-corrected chi connectivity index (χ1v) is 11.6. The molecule has 4 rings (SSSR count). The van der Waals surface area contributed by atoms with Crippen LogP contribution in [0.2, 0.25) is 5.02 Å². The van der Waals surface area contributed by atoms with E-state index in [1.54, 1.807) is 25.4 Å². The van der Waals surface area contributed by atoms with Gasteiger partial charge in [-0.1, -0.05) is 11.6 Å². The Morgan fingerprint density at radius 1 is 1.12 bits per heavy atom. The number of halogens is 2. The number of likely N-dealkylation sites (N-methyl/N-ethyl adjacent to an activating group) is 1. The predicted molar refractivity (Wildman–Crippen MR) is 130 cm³/mol. The highest BCUT2D eigenvalue weighted by Gasteiger charge is 2.29. The summed E-state index contributed by atoms with van der Waals surface area (Å²) in [5.41, 5.74) is 4.58. The van der Waals surface area contributed by atoms with Gasteiger partial charge in [-0.25, -0.2) is 24.4 Å². The minimum atomic E-state index is -0.334. The smallest absolute Gasteiger partial charge is 0.163 e. The highest BCUT2D eigenvalue weighted by Crippen LogP contribution is 2.31. The van der Waals surface area contributed by atoms with Gasteiger partial charge in [-0.05, 0) is 24.3 Å². The predicted octanol–water partition coefficient (Wildman–Crippen LogP) is 3.62. The lowest BCUT2D eigenvalue weighted by Gasteiger charge is -2.41. The molecule has 0 spiro atoms. The fourth-order valence-electron chi connectivity index (χ4n) is 3.92. The second-order valence-corrected chi connectivity index (χ2v) is 8.90. The molecule has 1 N–H and O–H groups in total. The molecule has 0 amide bonds. The number of quaternary nitrogens is 1. The van der Waals surface area contributed by atoms with Crippen molar-refractivity contribution < 1.29 is 23.2 Å². The number of rotatable bonds is 10. The lowest BCUT2D eigenvalue weighted by atomic mass is 10.2. The van der Waals surface area contributed by atoms with Crippen molar-refractivity contribution in [3.05, 3.63) is 53.7 Å². The standard InChI is InChI=1S/C24H30ClFN5O3/c1-31(29-21-4-3-19(25)14-20(21)26)8-5-30(6-9-31)7-10-33-11-12-34-24-15-22-18(13-23(24)32-2)16-27-17-28-22/h3-4,13-17,29H,5-12H2,1-2H3/q+1. The first-order chi connectivity index (χ1) is 16.5. The Morgan fingerprint density at radius 3 is 2.71 bits per heavy atom. The number of anilines is 1. The first kappa shape index (κ1) is 24.4. The van der Waals surface area contributed by atoms with Crippen molar-refractivity contribution in [1.29, 1.82) is 0 Å². The van der Waals surface area contributed by atoms with Gasteiger partial charge < -0.3 is 14.2 Å². The zero-order chi connectivity index (χ0) is 24.0. The Kier molecular flexibility index (Phi) is 7.99. The van der Waals surface area contributed by atoms with Crippen LogP contribution in [0.5, 0.6) is 11.5 Å². The van der Waals surface area contributed by atoms with Crippen molar-refractivity contribution in [2.45, 2.75) is 0 Å². The summed E-state index contributed by atoms with van der Waals surface area (Å²) in [7, 11) is 3.68. The average molecular weight is 491 g/mol. The Balaban J connectivity index is 1.16. The normalized spacial score (nSPS) is 15.9. The van der Waals surface area contributed by atoms with E-state index in [0.717, 1.165) is 43.6 Å². The van der Waals surface area contributed by atoms with Crippen molar-refractivity contribution in [3.8, 4) is 11.5 Å². The number of hydrogen-bond donors (Lipinski definition) is 1. The van der Waals surface area contributed by atoms with Crippen LogP contribution in [0.4, 0.5) is 10.1 Å². The van der Waals surface area contributed by atoms with Crippen LogP contribution in [0.25, 0.3) is 10.9 Å². The SMILES string of the molecule is COc1cc2cncnc2cc1OCCOCCN1CC[N+](C)(Nc2ccc(Cl)cc2F)CC1. The summed E-state index contributed by atoms with van der Waals surface area (Å²) in [6.45, 7) is 5.86. The number of aromatic nitrogens is 2. The van der Waals surface area contributed by atoms with E-state index in [1.807, 2.05) is 12.1 Å². The molecule has 1 fully saturated rings. The van der Waals surface area contributed by atoms with Crippen molar-refractivity contribution in [1.82, 2.24) is 14.9 Å². The van der Waals surface area contributed by atoms with Gasteiger partial charge in [-0.2, -0.15) is 0 Å². The summed E-state index contributed by atoms with van der Waals surface area (Å²) in [4.78, 5) is 10.6. The van der Waals surface area contributed by atoms with Crippen molar-refractivity contribution in [2.24, 2.45) is 0 Å². The van der Waals surface area contributed by atoms with Gasteiger partial charge in [0, 0.05) is 29.2 Å². The molecule has 0 atom stereocenters. The van der Waals surface area contributed by atoms with Crippen LogP contribution in [0.15, 0.2) is 42.9 Å². The molecule has 34 heavy (non-hydrogen) atoms. The lowest BCUT2D eigenvalue weighted by molar-refractivity contribution is -0.893. The zero-order valence-corrected chi connectivity index (χ0v) is 20.2. The van der Waals surface area contributed by atoms with Crippen LogP contribution in [0.3, 0.4) is 0 Å². The van der Waals surface area contributed by atoms with E-state index in [1.165, 1.54) is 12.4 Å². The molecule has 0 radical (unpaired) electrons. The summed E-state index contributed by atoms with van der Waals surface area (Å²) in [6.07, 6.45) is 3.25. The summed E-state index contributed by atoms with van der Waals surface area (Å²) in [5, 5.41) is 1.29. The van der Waals surface area contributed by atoms with Crippen LogP contribution in [0, 0.1) is 5.82 Å². The minimum Gasteiger partial charge on any atom is -0.493 e. The Hall–Kier alpha value is -2.72. The second kappa shape index (κ2) is 11.1. The third-order valence-corrected chi connectivity index (χ3v) is 6.20. The quantitative estimate of drug-likeness (QED) is 0.344. The van der Waals surface area contributed by atoms with Crippen LogP contribution in [-0.4, -0.2) is 86.2 Å². The van der Waals surface area contributed by atoms with E-state index >= 15 is 0 Å². The maximum Gasteiger partial charge on any atom is 0.163 e. The molecular weight excluding hydrogens is 461 g/mol. The molecule has 182 valence electrons. The summed E-state index contributed by atoms with van der Waals surface area (Å²) in [6, 6.07) is 8.43. The van der Waals surface area contributed by atoms with Crippen LogP contribution < -0.4 is 14.9 Å². The van der Waals surface area contributed by atoms with Crippen molar-refractivity contribution in [3.63, 3.8) is 0 Å². The summed E-state index contributed by atoms with van der Waals surface area (Å²) < 4.78 is 31.8. The Morgan fingerprint density at radius 2 is 1.94 bits per heavy atom. The fourth-order valence-corrected chi connectivity index (χ4v) is 4.08. The van der Waals surface area contributed by atoms with Crippen molar-refractivity contribution >= 4 is 28.2 Å². The van der Waals surface area contributed by atoms with Gasteiger partial charge in [0.05, 0.1) is 46.0 Å². The monoisotopic (exact) mass is 490 g/mol. The van der Waals surface area contributed by atoms with Gasteiger partial charge in [0.1, 0.15) is 31.7 Å². The molecule has 2 aromatic carbocycles. The van der Waals surface area contributed by atoms with Gasteiger partial charge in [0.15, 0.2) is 17.3 Å². The second-order valence-electron chi connectivity index (χ2n) is 8.47. The molecule has 0 bridgehead atoms. The molecule has 8 nitrogen and oxygen atoms in total. The molecular formula is C24H30ClFN5O3+. The molecule has 1 saturated heterocycles. The maximum absolute atomic E-state index is 14.1. The zero-order valence-electron chi connectivity index (χ0n) is 19.5. The number of fused-ring (bicyclic) bond motifs is 1. The largest absolute Gasteiger partial charge is 0.493 e. The summed E-state index contributed by atoms with van der Waals surface area (Å²) in [5.74, 6) is 0.943. The van der Waals surface area contributed by atoms with Gasteiger partial charge in [0.25, 0.3) is 0 Å². The molecule has 1 aliphatic rings. The Bertz CT molecular complexity index is 1110. The number of methoxy groups -OCH3 is 1. The molecule has 1 aromatic heterocycles. The molecule has 3 aromatic rings. The number of piperazine rings is 1. The van der Waals surface area contributed by atoms with Gasteiger partial charge in [-0.3, -0.25) is 4.90 Å². The number of nitrogens with one attached hydrogen (secondary N) is 1. The molecule has 2 heterocycles. The van der Waals surface area contributed by atoms with Crippen LogP contribution >= 0.6 is 11.6 Å². The van der Waals surface area contributed by atoms with E-state index in [4.69, 9.17) is 25.8 Å². The minimum absolute atomic E-state index is 0.334. The highest BCUT2D eigenvalue weighted by molar-refractivity contribution is 6.30. The molecule has 0 aliphatic carbocycles. The molecule has 0 saturated carbocycles. The third-order valence-electron chi connectivity index (χ3n) is 5.97. The van der Waals surface area contributed by atoms with Gasteiger partial charge >= 0.3 is 0 Å².